The molecule has 3 rings (SSSR count). The van der Waals surface area contributed by atoms with Crippen molar-refractivity contribution >= 4 is 23.1 Å². The monoisotopic (exact) mass is 326 g/mol. The van der Waals surface area contributed by atoms with Crippen molar-refractivity contribution in [3.63, 3.8) is 0 Å². The lowest BCUT2D eigenvalue weighted by Gasteiger charge is -2.17. The summed E-state index contributed by atoms with van der Waals surface area (Å²) >= 11 is 0. The van der Waals surface area contributed by atoms with E-state index in [0.29, 0.717) is 24.9 Å². The molecule has 2 atom stereocenters. The van der Waals surface area contributed by atoms with Gasteiger partial charge in [-0.3, -0.25) is 9.48 Å². The number of fused-ring (bicyclic) bond motifs is 1. The Bertz CT molecular complexity index is 780. The molecule has 1 amide bonds. The zero-order chi connectivity index (χ0) is 17.1. The van der Waals surface area contributed by atoms with Crippen LogP contribution in [0, 0.1) is 5.92 Å². The summed E-state index contributed by atoms with van der Waals surface area (Å²) < 4.78 is 1.75. The topological polar surface area (TPSA) is 90.0 Å². The van der Waals surface area contributed by atoms with Crippen LogP contribution in [0.15, 0.2) is 36.5 Å². The average Bonchev–Trinajstić information content (AvgIpc) is 3.13. The van der Waals surface area contributed by atoms with Crippen molar-refractivity contribution in [2.45, 2.75) is 38.3 Å². The standard InChI is InChI=1S/C18H22N4O2/c1-12(20-14-7-6-13(10-14)8-9-23)11-22-16-5-3-2-4-15(16)17(21-22)18(19)24/h2-5,9,13-14,20H,1,6-8,10-11H2,(H2,19,24). The second-order valence-electron chi connectivity index (χ2n) is 6.41. The van der Waals surface area contributed by atoms with Crippen LogP contribution in [-0.4, -0.2) is 28.0 Å². The number of benzene rings is 1. The number of allylic oxidation sites excluding steroid dienone is 1. The maximum absolute atomic E-state index is 11.6. The first kappa shape index (κ1) is 16.2. The van der Waals surface area contributed by atoms with E-state index in [-0.39, 0.29) is 5.69 Å². The van der Waals surface area contributed by atoms with Gasteiger partial charge in [-0.25, -0.2) is 0 Å². The number of primary amides is 1. The summed E-state index contributed by atoms with van der Waals surface area (Å²) in [7, 11) is 0. The van der Waals surface area contributed by atoms with Gasteiger partial charge in [0.25, 0.3) is 5.91 Å². The van der Waals surface area contributed by atoms with Gasteiger partial charge >= 0.3 is 0 Å². The molecule has 1 fully saturated rings. The summed E-state index contributed by atoms with van der Waals surface area (Å²) in [5, 5.41) is 8.53. The van der Waals surface area contributed by atoms with Gasteiger partial charge in [0, 0.05) is 23.5 Å². The molecule has 1 aliphatic carbocycles. The van der Waals surface area contributed by atoms with E-state index in [4.69, 9.17) is 5.73 Å². The molecule has 0 aliphatic heterocycles. The first-order chi connectivity index (χ1) is 11.6. The number of nitrogens with one attached hydrogen (secondary N) is 1. The van der Waals surface area contributed by atoms with E-state index in [1.54, 1.807) is 4.68 Å². The van der Waals surface area contributed by atoms with Crippen LogP contribution in [-0.2, 0) is 11.3 Å². The van der Waals surface area contributed by atoms with Gasteiger partial charge < -0.3 is 15.8 Å². The minimum atomic E-state index is -0.531. The molecule has 6 nitrogen and oxygen atoms in total. The van der Waals surface area contributed by atoms with Gasteiger partial charge in [-0.15, -0.1) is 0 Å². The molecule has 1 aliphatic rings. The maximum Gasteiger partial charge on any atom is 0.269 e. The molecule has 2 aromatic rings. The molecule has 1 heterocycles. The molecule has 126 valence electrons. The van der Waals surface area contributed by atoms with Crippen molar-refractivity contribution in [2.24, 2.45) is 11.7 Å². The maximum atomic E-state index is 11.6. The van der Waals surface area contributed by atoms with E-state index in [1.165, 1.54) is 0 Å². The molecule has 1 saturated carbocycles. The fourth-order valence-electron chi connectivity index (χ4n) is 3.50. The third kappa shape index (κ3) is 3.32. The molecule has 24 heavy (non-hydrogen) atoms. The average molecular weight is 326 g/mol. The Labute approximate surface area is 140 Å². The number of nitrogens with two attached hydrogens (primary N) is 1. The SMILES string of the molecule is C=C(Cn1nc(C(N)=O)c2ccccc21)NC1CCC(CC=O)C1. The van der Waals surface area contributed by atoms with Crippen molar-refractivity contribution in [3.05, 3.63) is 42.2 Å². The van der Waals surface area contributed by atoms with Gasteiger partial charge in [-0.05, 0) is 31.2 Å². The van der Waals surface area contributed by atoms with Crippen LogP contribution in [0.5, 0.6) is 0 Å². The highest BCUT2D eigenvalue weighted by atomic mass is 16.1. The van der Waals surface area contributed by atoms with Crippen LogP contribution >= 0.6 is 0 Å². The summed E-state index contributed by atoms with van der Waals surface area (Å²) in [5.41, 5.74) is 7.41. The Kier molecular flexibility index (Phi) is 4.64. The molecule has 6 heteroatoms. The molecule has 0 bridgehead atoms. The predicted octanol–water partition coefficient (Wildman–Crippen LogP) is 2.00. The molecule has 2 unspecified atom stereocenters. The van der Waals surface area contributed by atoms with Gasteiger partial charge in [0.1, 0.15) is 6.29 Å². The van der Waals surface area contributed by atoms with Crippen molar-refractivity contribution < 1.29 is 9.59 Å². The third-order valence-corrected chi connectivity index (χ3v) is 4.61. The second kappa shape index (κ2) is 6.86. The Morgan fingerprint density at radius 1 is 1.42 bits per heavy atom. The smallest absolute Gasteiger partial charge is 0.269 e. The van der Waals surface area contributed by atoms with Crippen molar-refractivity contribution in [2.75, 3.05) is 0 Å². The molecule has 1 aromatic heterocycles. The second-order valence-corrected chi connectivity index (χ2v) is 6.41. The normalized spacial score (nSPS) is 20.2. The number of aromatic nitrogens is 2. The number of amides is 1. The van der Waals surface area contributed by atoms with Crippen LogP contribution in [0.25, 0.3) is 10.9 Å². The summed E-state index contributed by atoms with van der Waals surface area (Å²) in [6, 6.07) is 7.87. The number of rotatable bonds is 7. The molecular formula is C18H22N4O2. The minimum Gasteiger partial charge on any atom is -0.385 e. The number of hydrogen-bond acceptors (Lipinski definition) is 4. The number of nitrogens with zero attached hydrogens (tertiary/aromatic N) is 2. The van der Waals surface area contributed by atoms with E-state index < -0.39 is 5.91 Å². The van der Waals surface area contributed by atoms with Crippen LogP contribution < -0.4 is 11.1 Å². The largest absolute Gasteiger partial charge is 0.385 e. The van der Waals surface area contributed by atoms with E-state index in [0.717, 1.165) is 42.1 Å². The fourth-order valence-corrected chi connectivity index (χ4v) is 3.50. The lowest BCUT2D eigenvalue weighted by molar-refractivity contribution is -0.108. The quantitative estimate of drug-likeness (QED) is 0.762. The van der Waals surface area contributed by atoms with E-state index in [2.05, 4.69) is 17.0 Å². The van der Waals surface area contributed by atoms with Gasteiger partial charge in [0.15, 0.2) is 5.69 Å². The van der Waals surface area contributed by atoms with Crippen molar-refractivity contribution in [1.29, 1.82) is 0 Å². The lowest BCUT2D eigenvalue weighted by Crippen LogP contribution is -2.27. The number of aldehydes is 1. The molecule has 1 aromatic carbocycles. The molecule has 3 N–H and O–H groups in total. The number of carbonyl (C=O) groups is 2. The zero-order valence-corrected chi connectivity index (χ0v) is 13.6. The van der Waals surface area contributed by atoms with Gasteiger partial charge in [-0.2, -0.15) is 5.10 Å². The van der Waals surface area contributed by atoms with E-state index in [1.807, 2.05) is 24.3 Å². The number of carbonyl (C=O) groups excluding carboxylic acids is 2. The molecular weight excluding hydrogens is 304 g/mol. The highest BCUT2D eigenvalue weighted by Gasteiger charge is 2.24. The Morgan fingerprint density at radius 2 is 2.21 bits per heavy atom. The number of para-hydroxylation sites is 1. The van der Waals surface area contributed by atoms with Crippen LogP contribution in [0.2, 0.25) is 0 Å². The van der Waals surface area contributed by atoms with Crippen LogP contribution in [0.4, 0.5) is 0 Å². The fraction of sp³-hybridized carbons (Fsp3) is 0.389. The molecule has 0 saturated heterocycles. The predicted molar refractivity (Wildman–Crippen MR) is 92.3 cm³/mol. The van der Waals surface area contributed by atoms with Gasteiger partial charge in [-0.1, -0.05) is 24.8 Å². The van der Waals surface area contributed by atoms with Gasteiger partial charge in [0.2, 0.25) is 0 Å². The highest BCUT2D eigenvalue weighted by Crippen LogP contribution is 2.28. The summed E-state index contributed by atoms with van der Waals surface area (Å²) in [6.45, 7) is 4.56. The number of hydrogen-bond donors (Lipinski definition) is 2. The summed E-state index contributed by atoms with van der Waals surface area (Å²) in [5.74, 6) is -0.0594. The molecule has 0 spiro atoms. The molecule has 0 radical (unpaired) electrons. The zero-order valence-electron chi connectivity index (χ0n) is 13.6. The van der Waals surface area contributed by atoms with Crippen LogP contribution in [0.1, 0.15) is 36.2 Å². The van der Waals surface area contributed by atoms with E-state index >= 15 is 0 Å². The Morgan fingerprint density at radius 3 is 2.96 bits per heavy atom. The first-order valence-electron chi connectivity index (χ1n) is 8.21. The summed E-state index contributed by atoms with van der Waals surface area (Å²) in [4.78, 5) is 22.2. The minimum absolute atomic E-state index is 0.283. The van der Waals surface area contributed by atoms with Crippen molar-refractivity contribution in [1.82, 2.24) is 15.1 Å². The van der Waals surface area contributed by atoms with Crippen LogP contribution in [0.3, 0.4) is 0 Å². The lowest BCUT2D eigenvalue weighted by atomic mass is 10.1. The third-order valence-electron chi connectivity index (χ3n) is 4.61. The first-order valence-corrected chi connectivity index (χ1v) is 8.21. The van der Waals surface area contributed by atoms with Gasteiger partial charge in [0.05, 0.1) is 12.1 Å². The Balaban J connectivity index is 1.70. The Hall–Kier alpha value is -2.63. The summed E-state index contributed by atoms with van der Waals surface area (Å²) in [6.07, 6.45) is 4.74. The van der Waals surface area contributed by atoms with Crippen molar-refractivity contribution in [3.8, 4) is 0 Å². The van der Waals surface area contributed by atoms with E-state index in [9.17, 15) is 9.59 Å². The highest BCUT2D eigenvalue weighted by molar-refractivity contribution is 6.04.